The van der Waals surface area contributed by atoms with E-state index in [-0.39, 0.29) is 29.4 Å². The Morgan fingerprint density at radius 2 is 2.06 bits per heavy atom. The molecule has 0 atom stereocenters. The number of carboxylic acids is 1. The maximum Gasteiger partial charge on any atom is 0.389 e. The Morgan fingerprint density at radius 3 is 2.61 bits per heavy atom. The molecule has 0 radical (unpaired) electrons. The second kappa shape index (κ2) is 5.95. The zero-order chi connectivity index (χ0) is 13.8. The van der Waals surface area contributed by atoms with Crippen molar-refractivity contribution in [2.24, 2.45) is 0 Å². The number of hydrogen-bond acceptors (Lipinski definition) is 3. The Morgan fingerprint density at radius 1 is 1.39 bits per heavy atom. The largest absolute Gasteiger partial charge is 0.545 e. The summed E-state index contributed by atoms with van der Waals surface area (Å²) in [6, 6.07) is 3.78. The minimum atomic E-state index is -4.22. The van der Waals surface area contributed by atoms with E-state index in [1.54, 1.807) is 0 Å². The van der Waals surface area contributed by atoms with E-state index in [1.807, 2.05) is 0 Å². The summed E-state index contributed by atoms with van der Waals surface area (Å²) in [5.74, 6) is -1.33. The van der Waals surface area contributed by atoms with Crippen LogP contribution in [0.2, 0.25) is 5.02 Å². The van der Waals surface area contributed by atoms with Gasteiger partial charge in [-0.2, -0.15) is 13.2 Å². The first-order chi connectivity index (χ1) is 8.29. The first kappa shape index (κ1) is 14.6. The molecule has 0 heterocycles. The molecule has 0 fully saturated rings. The number of rotatable bonds is 5. The molecule has 3 nitrogen and oxygen atoms in total. The molecule has 1 aromatic carbocycles. The van der Waals surface area contributed by atoms with Gasteiger partial charge in [-0.05, 0) is 24.6 Å². The molecule has 18 heavy (non-hydrogen) atoms. The topological polar surface area (TPSA) is 49.4 Å². The van der Waals surface area contributed by atoms with E-state index < -0.39 is 18.6 Å². The molecule has 0 aliphatic heterocycles. The standard InChI is InChI=1S/C11H10ClF3O3/c12-9-3-2-7(6-8(9)10(16)17)18-5-1-4-11(13,14)15/h2-3,6H,1,4-5H2,(H,16,17)/p-1. The molecule has 0 N–H and O–H groups in total. The van der Waals surface area contributed by atoms with Crippen molar-refractivity contribution in [3.63, 3.8) is 0 Å². The predicted molar refractivity (Wildman–Crippen MR) is 56.6 cm³/mol. The van der Waals surface area contributed by atoms with Gasteiger partial charge >= 0.3 is 6.18 Å². The van der Waals surface area contributed by atoms with Crippen LogP contribution < -0.4 is 9.84 Å². The summed E-state index contributed by atoms with van der Waals surface area (Å²) in [6.07, 6.45) is -5.37. The highest BCUT2D eigenvalue weighted by atomic mass is 35.5. The van der Waals surface area contributed by atoms with Crippen LogP contribution in [0, 0.1) is 0 Å². The molecule has 0 amide bonds. The summed E-state index contributed by atoms with van der Waals surface area (Å²) in [4.78, 5) is 10.6. The highest BCUT2D eigenvalue weighted by Crippen LogP contribution is 2.23. The van der Waals surface area contributed by atoms with Crippen molar-refractivity contribution in [3.8, 4) is 5.75 Å². The third-order valence-electron chi connectivity index (χ3n) is 2.03. The van der Waals surface area contributed by atoms with Crippen LogP contribution in [0.5, 0.6) is 5.75 Å². The normalized spacial score (nSPS) is 11.3. The lowest BCUT2D eigenvalue weighted by Gasteiger charge is -2.11. The predicted octanol–water partition coefficient (Wildman–Crippen LogP) is 2.42. The van der Waals surface area contributed by atoms with Gasteiger partial charge in [0.2, 0.25) is 0 Å². The molecule has 0 saturated carbocycles. The van der Waals surface area contributed by atoms with Crippen molar-refractivity contribution in [2.75, 3.05) is 6.61 Å². The summed E-state index contributed by atoms with van der Waals surface area (Å²) in [5, 5.41) is 10.6. The van der Waals surface area contributed by atoms with Crippen LogP contribution in [0.4, 0.5) is 13.2 Å². The lowest BCUT2D eigenvalue weighted by Crippen LogP contribution is -2.22. The molecule has 100 valence electrons. The molecule has 0 aromatic heterocycles. The van der Waals surface area contributed by atoms with Gasteiger partial charge in [0.1, 0.15) is 5.75 Å². The van der Waals surface area contributed by atoms with Crippen molar-refractivity contribution < 1.29 is 27.8 Å². The second-order valence-corrected chi connectivity index (χ2v) is 3.90. The third kappa shape index (κ3) is 4.83. The van der Waals surface area contributed by atoms with Crippen molar-refractivity contribution in [1.82, 2.24) is 0 Å². The van der Waals surface area contributed by atoms with E-state index >= 15 is 0 Å². The van der Waals surface area contributed by atoms with E-state index in [9.17, 15) is 23.1 Å². The monoisotopic (exact) mass is 281 g/mol. The smallest absolute Gasteiger partial charge is 0.389 e. The summed E-state index contributed by atoms with van der Waals surface area (Å²) < 4.78 is 40.5. The average molecular weight is 282 g/mol. The molecular formula is C11H9ClF3O3-. The van der Waals surface area contributed by atoms with Gasteiger partial charge in [-0.15, -0.1) is 0 Å². The number of benzene rings is 1. The zero-order valence-electron chi connectivity index (χ0n) is 9.09. The Balaban J connectivity index is 2.53. The van der Waals surface area contributed by atoms with Crippen LogP contribution in [-0.4, -0.2) is 18.8 Å². The zero-order valence-corrected chi connectivity index (χ0v) is 9.85. The maximum absolute atomic E-state index is 11.8. The lowest BCUT2D eigenvalue weighted by molar-refractivity contribution is -0.255. The summed E-state index contributed by atoms with van der Waals surface area (Å²) >= 11 is 5.59. The number of ether oxygens (including phenoxy) is 1. The molecular weight excluding hydrogens is 273 g/mol. The minimum absolute atomic E-state index is 0.0161. The van der Waals surface area contributed by atoms with Crippen LogP contribution in [-0.2, 0) is 0 Å². The highest BCUT2D eigenvalue weighted by Gasteiger charge is 2.26. The van der Waals surface area contributed by atoms with Crippen LogP contribution >= 0.6 is 11.6 Å². The Hall–Kier alpha value is -1.43. The molecule has 0 aliphatic rings. The van der Waals surface area contributed by atoms with E-state index in [1.165, 1.54) is 12.1 Å². The van der Waals surface area contributed by atoms with E-state index in [2.05, 4.69) is 0 Å². The van der Waals surface area contributed by atoms with Gasteiger partial charge in [0.15, 0.2) is 0 Å². The van der Waals surface area contributed by atoms with Gasteiger partial charge in [-0.1, -0.05) is 11.6 Å². The minimum Gasteiger partial charge on any atom is -0.545 e. The van der Waals surface area contributed by atoms with Crippen molar-refractivity contribution >= 4 is 17.6 Å². The number of aromatic carboxylic acids is 1. The molecule has 0 saturated heterocycles. The van der Waals surface area contributed by atoms with Crippen LogP contribution in [0.3, 0.4) is 0 Å². The number of alkyl halides is 3. The number of carbonyl (C=O) groups excluding carboxylic acids is 1. The van der Waals surface area contributed by atoms with E-state index in [0.717, 1.165) is 6.07 Å². The van der Waals surface area contributed by atoms with Crippen LogP contribution in [0.25, 0.3) is 0 Å². The van der Waals surface area contributed by atoms with Gasteiger partial charge < -0.3 is 14.6 Å². The van der Waals surface area contributed by atoms with Gasteiger partial charge in [-0.3, -0.25) is 0 Å². The fourth-order valence-electron chi connectivity index (χ4n) is 1.21. The van der Waals surface area contributed by atoms with Crippen LogP contribution in [0.1, 0.15) is 23.2 Å². The molecule has 1 rings (SSSR count). The molecule has 0 aliphatic carbocycles. The average Bonchev–Trinajstić information content (AvgIpc) is 2.24. The van der Waals surface area contributed by atoms with Crippen molar-refractivity contribution in [3.05, 3.63) is 28.8 Å². The summed E-state index contributed by atoms with van der Waals surface area (Å²) in [7, 11) is 0. The van der Waals surface area contributed by atoms with E-state index in [0.29, 0.717) is 0 Å². The SMILES string of the molecule is O=C([O-])c1cc(OCCCC(F)(F)F)ccc1Cl. The van der Waals surface area contributed by atoms with Gasteiger partial charge in [0.05, 0.1) is 12.6 Å². The van der Waals surface area contributed by atoms with Crippen molar-refractivity contribution in [1.29, 1.82) is 0 Å². The number of halogens is 4. The van der Waals surface area contributed by atoms with Gasteiger partial charge in [-0.25, -0.2) is 0 Å². The Bertz CT molecular complexity index is 432. The fraction of sp³-hybridized carbons (Fsp3) is 0.364. The maximum atomic E-state index is 11.8. The Kier molecular flexibility index (Phi) is 4.84. The second-order valence-electron chi connectivity index (χ2n) is 3.50. The van der Waals surface area contributed by atoms with E-state index in [4.69, 9.17) is 16.3 Å². The summed E-state index contributed by atoms with van der Waals surface area (Å²) in [5.41, 5.74) is -0.259. The van der Waals surface area contributed by atoms with Gasteiger partial charge in [0, 0.05) is 17.0 Å². The number of hydrogen-bond donors (Lipinski definition) is 0. The molecule has 7 heteroatoms. The Labute approximate surface area is 106 Å². The quantitative estimate of drug-likeness (QED) is 0.779. The van der Waals surface area contributed by atoms with Crippen molar-refractivity contribution in [2.45, 2.75) is 19.0 Å². The third-order valence-corrected chi connectivity index (χ3v) is 2.36. The number of carbonyl (C=O) groups is 1. The fourth-order valence-corrected chi connectivity index (χ4v) is 1.41. The summed E-state index contributed by atoms with van der Waals surface area (Å²) in [6.45, 7) is -0.159. The van der Waals surface area contributed by atoms with Crippen LogP contribution in [0.15, 0.2) is 18.2 Å². The first-order valence-electron chi connectivity index (χ1n) is 5.00. The first-order valence-corrected chi connectivity index (χ1v) is 5.38. The molecule has 1 aromatic rings. The lowest BCUT2D eigenvalue weighted by atomic mass is 10.2. The molecule has 0 bridgehead atoms. The molecule has 0 spiro atoms. The number of carboxylic acid groups (broad SMARTS) is 1. The van der Waals surface area contributed by atoms with Gasteiger partial charge in [0.25, 0.3) is 0 Å². The highest BCUT2D eigenvalue weighted by molar-refractivity contribution is 6.33. The molecule has 0 unspecified atom stereocenters.